The molecule has 1 amide bonds. The molecule has 2 rings (SSSR count). The molecule has 0 aliphatic rings. The summed E-state index contributed by atoms with van der Waals surface area (Å²) in [4.78, 5) is 26.4. The predicted molar refractivity (Wildman–Crippen MR) is 71.8 cm³/mol. The topological polar surface area (TPSA) is 128 Å². The van der Waals surface area contributed by atoms with Gasteiger partial charge in [0, 0.05) is 20.0 Å². The van der Waals surface area contributed by atoms with Crippen molar-refractivity contribution < 1.29 is 28.4 Å². The second-order valence-corrected chi connectivity index (χ2v) is 4.36. The Balaban J connectivity index is 1.78. The van der Waals surface area contributed by atoms with Crippen molar-refractivity contribution in [1.29, 1.82) is 0 Å². The molecule has 2 heterocycles. The van der Waals surface area contributed by atoms with Crippen molar-refractivity contribution in [1.82, 2.24) is 15.5 Å². The molecule has 0 saturated carbocycles. The molecule has 0 radical (unpaired) electrons. The van der Waals surface area contributed by atoms with Gasteiger partial charge in [-0.25, -0.2) is 4.79 Å². The van der Waals surface area contributed by atoms with Gasteiger partial charge >= 0.3 is 5.97 Å². The second-order valence-electron chi connectivity index (χ2n) is 4.36. The van der Waals surface area contributed by atoms with E-state index in [1.54, 1.807) is 12.1 Å². The van der Waals surface area contributed by atoms with Crippen LogP contribution in [0.15, 0.2) is 27.3 Å². The Hall–Kier alpha value is -2.68. The third kappa shape index (κ3) is 4.16. The van der Waals surface area contributed by atoms with E-state index in [1.165, 1.54) is 13.4 Å². The van der Waals surface area contributed by atoms with Gasteiger partial charge < -0.3 is 24.1 Å². The first-order chi connectivity index (χ1) is 10.6. The van der Waals surface area contributed by atoms with Gasteiger partial charge in [-0.05, 0) is 12.1 Å². The lowest BCUT2D eigenvalue weighted by Crippen LogP contribution is -2.37. The molecule has 2 aromatic heterocycles. The highest BCUT2D eigenvalue weighted by atomic mass is 16.5. The van der Waals surface area contributed by atoms with E-state index in [9.17, 15) is 9.59 Å². The minimum absolute atomic E-state index is 0.0931. The molecule has 0 spiro atoms. The van der Waals surface area contributed by atoms with Crippen LogP contribution in [0.1, 0.15) is 12.3 Å². The van der Waals surface area contributed by atoms with Crippen LogP contribution < -0.4 is 5.32 Å². The number of nitrogens with one attached hydrogen (secondary N) is 1. The minimum Gasteiger partial charge on any atom is -0.479 e. The fraction of sp³-hybridized carbons (Fsp3) is 0.385. The number of aryl methyl sites for hydroxylation is 1. The maximum Gasteiger partial charge on any atom is 0.334 e. The minimum atomic E-state index is -1.14. The summed E-state index contributed by atoms with van der Waals surface area (Å²) < 4.78 is 14.8. The fourth-order valence-corrected chi connectivity index (χ4v) is 1.65. The maximum atomic E-state index is 11.6. The Kier molecular flexibility index (Phi) is 5.26. The number of carbonyl (C=O) groups is 2. The van der Waals surface area contributed by atoms with Crippen molar-refractivity contribution in [2.24, 2.45) is 0 Å². The van der Waals surface area contributed by atoms with Gasteiger partial charge in [-0.3, -0.25) is 4.79 Å². The quantitative estimate of drug-likeness (QED) is 0.720. The van der Waals surface area contributed by atoms with Crippen LogP contribution in [0.5, 0.6) is 0 Å². The van der Waals surface area contributed by atoms with E-state index in [-0.39, 0.29) is 25.3 Å². The normalized spacial score (nSPS) is 12.0. The molecule has 0 saturated heterocycles. The fourth-order valence-electron chi connectivity index (χ4n) is 1.65. The monoisotopic (exact) mass is 309 g/mol. The van der Waals surface area contributed by atoms with Crippen LogP contribution in [0.4, 0.5) is 0 Å². The van der Waals surface area contributed by atoms with Crippen LogP contribution in [-0.2, 0) is 20.7 Å². The van der Waals surface area contributed by atoms with Crippen molar-refractivity contribution in [3.05, 3.63) is 24.3 Å². The van der Waals surface area contributed by atoms with E-state index in [2.05, 4.69) is 15.5 Å². The van der Waals surface area contributed by atoms with Crippen LogP contribution in [0.3, 0.4) is 0 Å². The van der Waals surface area contributed by atoms with Crippen LogP contribution >= 0.6 is 0 Å². The summed E-state index contributed by atoms with van der Waals surface area (Å²) in [5, 5.41) is 15.0. The van der Waals surface area contributed by atoms with E-state index in [1.807, 2.05) is 0 Å². The Morgan fingerprint density at radius 1 is 1.50 bits per heavy atom. The second kappa shape index (κ2) is 7.36. The number of aliphatic carboxylic acids is 1. The molecule has 0 bridgehead atoms. The summed E-state index contributed by atoms with van der Waals surface area (Å²) in [5.74, 6) is -0.388. The van der Waals surface area contributed by atoms with Crippen molar-refractivity contribution >= 4 is 11.9 Å². The molecule has 0 aliphatic heterocycles. The van der Waals surface area contributed by atoms with Gasteiger partial charge in [0.2, 0.25) is 17.6 Å². The zero-order valence-corrected chi connectivity index (χ0v) is 11.8. The van der Waals surface area contributed by atoms with Gasteiger partial charge in [0.15, 0.2) is 11.9 Å². The largest absolute Gasteiger partial charge is 0.479 e. The summed E-state index contributed by atoms with van der Waals surface area (Å²) in [6.07, 6.45) is 0.756. The molecule has 0 fully saturated rings. The molecule has 2 aromatic rings. The van der Waals surface area contributed by atoms with E-state index in [4.69, 9.17) is 18.8 Å². The summed E-state index contributed by atoms with van der Waals surface area (Å²) in [5.41, 5.74) is 0. The maximum absolute atomic E-state index is 11.6. The molecular weight excluding hydrogens is 294 g/mol. The van der Waals surface area contributed by atoms with Crippen LogP contribution in [0.2, 0.25) is 0 Å². The molecule has 1 atom stereocenters. The number of carboxylic acids is 1. The highest BCUT2D eigenvalue weighted by molar-refractivity contribution is 5.78. The Bertz CT molecular complexity index is 622. The zero-order valence-electron chi connectivity index (χ0n) is 11.8. The molecule has 9 heteroatoms. The number of carboxylic acid groups (broad SMARTS) is 1. The Morgan fingerprint density at radius 3 is 2.95 bits per heavy atom. The Morgan fingerprint density at radius 2 is 2.32 bits per heavy atom. The van der Waals surface area contributed by atoms with E-state index in [0.29, 0.717) is 17.5 Å². The number of hydrogen-bond acceptors (Lipinski definition) is 7. The van der Waals surface area contributed by atoms with Crippen LogP contribution in [-0.4, -0.2) is 46.9 Å². The van der Waals surface area contributed by atoms with Crippen molar-refractivity contribution in [3.63, 3.8) is 0 Å². The van der Waals surface area contributed by atoms with Gasteiger partial charge in [-0.15, -0.1) is 0 Å². The van der Waals surface area contributed by atoms with E-state index >= 15 is 0 Å². The number of amides is 1. The lowest BCUT2D eigenvalue weighted by molar-refractivity contribution is -0.148. The predicted octanol–water partition coefficient (Wildman–Crippen LogP) is 0.478. The standard InChI is InChI=1S/C13H15N3O6/c1-20-9(13(18)19)7-14-10(17)4-5-11-15-12(16-22-11)8-3-2-6-21-8/h2-3,6,9H,4-5,7H2,1H3,(H,14,17)(H,18,19). The summed E-state index contributed by atoms with van der Waals surface area (Å²) in [6, 6.07) is 3.39. The summed E-state index contributed by atoms with van der Waals surface area (Å²) in [7, 11) is 1.26. The average Bonchev–Trinajstić information content (AvgIpc) is 3.16. The van der Waals surface area contributed by atoms with Gasteiger partial charge in [-0.2, -0.15) is 4.98 Å². The van der Waals surface area contributed by atoms with Crippen LogP contribution in [0.25, 0.3) is 11.6 Å². The molecule has 118 valence electrons. The van der Waals surface area contributed by atoms with Crippen molar-refractivity contribution in [3.8, 4) is 11.6 Å². The third-order valence-corrected chi connectivity index (χ3v) is 2.82. The molecule has 9 nitrogen and oxygen atoms in total. The van der Waals surface area contributed by atoms with Crippen molar-refractivity contribution in [2.45, 2.75) is 18.9 Å². The molecule has 0 aliphatic carbocycles. The lowest BCUT2D eigenvalue weighted by Gasteiger charge is -2.10. The first kappa shape index (κ1) is 15.7. The number of methoxy groups -OCH3 is 1. The summed E-state index contributed by atoms with van der Waals surface area (Å²) in [6.45, 7) is -0.105. The number of nitrogens with zero attached hydrogens (tertiary/aromatic N) is 2. The smallest absolute Gasteiger partial charge is 0.334 e. The number of furan rings is 1. The molecule has 0 aromatic carbocycles. The number of hydrogen-bond donors (Lipinski definition) is 2. The van der Waals surface area contributed by atoms with Gasteiger partial charge in [0.25, 0.3) is 0 Å². The highest BCUT2D eigenvalue weighted by Gasteiger charge is 2.17. The van der Waals surface area contributed by atoms with Gasteiger partial charge in [0.05, 0.1) is 12.8 Å². The molecular formula is C13H15N3O6. The molecule has 1 unspecified atom stereocenters. The number of aromatic nitrogens is 2. The zero-order chi connectivity index (χ0) is 15.9. The van der Waals surface area contributed by atoms with E-state index in [0.717, 1.165) is 0 Å². The molecule has 2 N–H and O–H groups in total. The number of carbonyl (C=O) groups excluding carboxylic acids is 1. The van der Waals surface area contributed by atoms with Gasteiger partial charge in [0.1, 0.15) is 0 Å². The van der Waals surface area contributed by atoms with Gasteiger partial charge in [-0.1, -0.05) is 5.16 Å². The van der Waals surface area contributed by atoms with Crippen LogP contribution in [0, 0.1) is 0 Å². The average molecular weight is 309 g/mol. The number of ether oxygens (including phenoxy) is 1. The van der Waals surface area contributed by atoms with Crippen molar-refractivity contribution in [2.75, 3.05) is 13.7 Å². The first-order valence-electron chi connectivity index (χ1n) is 6.49. The Labute approximate surface area is 125 Å². The highest BCUT2D eigenvalue weighted by Crippen LogP contribution is 2.16. The lowest BCUT2D eigenvalue weighted by atomic mass is 10.3. The SMILES string of the molecule is COC(CNC(=O)CCc1nc(-c2ccco2)no1)C(=O)O. The first-order valence-corrected chi connectivity index (χ1v) is 6.49. The summed E-state index contributed by atoms with van der Waals surface area (Å²) >= 11 is 0. The molecule has 22 heavy (non-hydrogen) atoms. The third-order valence-electron chi connectivity index (χ3n) is 2.82. The van der Waals surface area contributed by atoms with E-state index < -0.39 is 12.1 Å². The number of rotatable bonds is 8.